The van der Waals surface area contributed by atoms with Crippen molar-refractivity contribution in [2.24, 2.45) is 0 Å². The first-order valence-corrected chi connectivity index (χ1v) is 10.8. The van der Waals surface area contributed by atoms with Gasteiger partial charge in [-0.1, -0.05) is 59.8 Å². The lowest BCUT2D eigenvalue weighted by Crippen LogP contribution is -1.94. The minimum Gasteiger partial charge on any atom is -0.420 e. The molecule has 0 N–H and O–H groups in total. The van der Waals surface area contributed by atoms with Crippen LogP contribution in [-0.4, -0.2) is 20.4 Å². The van der Waals surface area contributed by atoms with E-state index in [0.29, 0.717) is 33.8 Å². The molecule has 3 aromatic carbocycles. The Labute approximate surface area is 186 Å². The number of aromatic nitrogens is 4. The van der Waals surface area contributed by atoms with Crippen LogP contribution in [0.3, 0.4) is 0 Å². The molecule has 8 heteroatoms. The highest BCUT2D eigenvalue weighted by Gasteiger charge is 2.15. The highest BCUT2D eigenvalue weighted by atomic mass is 35.5. The minimum atomic E-state index is -0.288. The van der Waals surface area contributed by atoms with E-state index in [-0.39, 0.29) is 5.82 Å². The molecule has 0 amide bonds. The highest BCUT2D eigenvalue weighted by molar-refractivity contribution is 7.98. The molecular weight excluding hydrogens is 435 g/mol. The van der Waals surface area contributed by atoms with E-state index in [9.17, 15) is 4.39 Å². The predicted octanol–water partition coefficient (Wildman–Crippen LogP) is 6.43. The monoisotopic (exact) mass is 448 g/mol. The average Bonchev–Trinajstić information content (AvgIpc) is 3.27. The van der Waals surface area contributed by atoms with E-state index in [1.807, 2.05) is 42.5 Å². The van der Waals surface area contributed by atoms with Crippen molar-refractivity contribution in [3.8, 4) is 22.7 Å². The van der Waals surface area contributed by atoms with E-state index in [2.05, 4.69) is 20.4 Å². The van der Waals surface area contributed by atoms with Crippen LogP contribution in [0.2, 0.25) is 5.02 Å². The fourth-order valence-corrected chi connectivity index (χ4v) is 4.22. The van der Waals surface area contributed by atoms with Crippen LogP contribution in [-0.2, 0) is 5.75 Å². The molecule has 2 heterocycles. The second-order valence-electron chi connectivity index (χ2n) is 6.68. The first-order valence-electron chi connectivity index (χ1n) is 9.40. The zero-order valence-electron chi connectivity index (χ0n) is 16.0. The van der Waals surface area contributed by atoms with Crippen LogP contribution in [0.15, 0.2) is 82.2 Å². The van der Waals surface area contributed by atoms with Gasteiger partial charge in [-0.05, 0) is 36.4 Å². The summed E-state index contributed by atoms with van der Waals surface area (Å²) in [5.74, 6) is 0.993. The average molecular weight is 449 g/mol. The Morgan fingerprint density at radius 1 is 0.806 bits per heavy atom. The molecule has 5 aromatic rings. The molecule has 0 bridgehead atoms. The number of nitrogens with zero attached hydrogens (tertiary/aromatic N) is 4. The number of benzene rings is 3. The standard InChI is InChI=1S/C23H14ClFN4OS/c24-19-8-4-3-7-18(19)22-28-26-20(30-22)13-31-23-17-6-2-1-5-16(17)21(27-29-23)14-9-11-15(25)12-10-14/h1-12H,13H2. The van der Waals surface area contributed by atoms with E-state index in [1.54, 1.807) is 18.2 Å². The molecule has 0 unspecified atom stereocenters. The number of fused-ring (bicyclic) bond motifs is 1. The van der Waals surface area contributed by atoms with Crippen molar-refractivity contribution in [3.63, 3.8) is 0 Å². The Balaban J connectivity index is 1.42. The van der Waals surface area contributed by atoms with Gasteiger partial charge in [0.2, 0.25) is 11.8 Å². The summed E-state index contributed by atoms with van der Waals surface area (Å²) in [6.45, 7) is 0. The normalized spacial score (nSPS) is 11.2. The number of rotatable bonds is 5. The van der Waals surface area contributed by atoms with Gasteiger partial charge < -0.3 is 4.42 Å². The molecule has 5 rings (SSSR count). The maximum absolute atomic E-state index is 13.3. The zero-order chi connectivity index (χ0) is 21.2. The molecule has 0 aliphatic carbocycles. The van der Waals surface area contributed by atoms with Crippen molar-refractivity contribution in [1.29, 1.82) is 0 Å². The van der Waals surface area contributed by atoms with Crippen molar-refractivity contribution < 1.29 is 8.81 Å². The molecule has 152 valence electrons. The van der Waals surface area contributed by atoms with Gasteiger partial charge in [-0.25, -0.2) is 4.39 Å². The van der Waals surface area contributed by atoms with Crippen LogP contribution in [0.1, 0.15) is 5.89 Å². The van der Waals surface area contributed by atoms with Gasteiger partial charge in [0.15, 0.2) is 0 Å². The van der Waals surface area contributed by atoms with E-state index in [4.69, 9.17) is 16.0 Å². The van der Waals surface area contributed by atoms with Gasteiger partial charge in [0.25, 0.3) is 0 Å². The fourth-order valence-electron chi connectivity index (χ4n) is 3.19. The Kier molecular flexibility index (Phi) is 5.36. The topological polar surface area (TPSA) is 64.7 Å². The summed E-state index contributed by atoms with van der Waals surface area (Å²) < 4.78 is 19.1. The number of halogens is 2. The van der Waals surface area contributed by atoms with Crippen LogP contribution in [0, 0.1) is 5.82 Å². The Morgan fingerprint density at radius 3 is 2.35 bits per heavy atom. The Hall–Kier alpha value is -3.29. The minimum absolute atomic E-state index is 0.288. The molecule has 0 saturated heterocycles. The Bertz CT molecular complexity index is 1370. The molecular formula is C23H14ClFN4OS. The lowest BCUT2D eigenvalue weighted by molar-refractivity contribution is 0.528. The third-order valence-electron chi connectivity index (χ3n) is 4.67. The smallest absolute Gasteiger partial charge is 0.249 e. The number of hydrogen-bond donors (Lipinski definition) is 0. The van der Waals surface area contributed by atoms with Crippen molar-refractivity contribution in [2.45, 2.75) is 10.8 Å². The van der Waals surface area contributed by atoms with Gasteiger partial charge in [0.05, 0.1) is 16.3 Å². The lowest BCUT2D eigenvalue weighted by atomic mass is 10.1. The van der Waals surface area contributed by atoms with Gasteiger partial charge in [-0.2, -0.15) is 0 Å². The molecule has 31 heavy (non-hydrogen) atoms. The van der Waals surface area contributed by atoms with Crippen molar-refractivity contribution in [1.82, 2.24) is 20.4 Å². The summed E-state index contributed by atoms with van der Waals surface area (Å²) in [6, 6.07) is 21.4. The maximum atomic E-state index is 13.3. The summed E-state index contributed by atoms with van der Waals surface area (Å²) >= 11 is 7.67. The largest absolute Gasteiger partial charge is 0.420 e. The van der Waals surface area contributed by atoms with E-state index >= 15 is 0 Å². The molecule has 0 fully saturated rings. The second kappa shape index (κ2) is 8.45. The van der Waals surface area contributed by atoms with Gasteiger partial charge in [0.1, 0.15) is 16.5 Å². The van der Waals surface area contributed by atoms with Crippen molar-refractivity contribution in [2.75, 3.05) is 0 Å². The maximum Gasteiger partial charge on any atom is 0.249 e. The molecule has 0 saturated carbocycles. The van der Waals surface area contributed by atoms with Crippen LogP contribution in [0.4, 0.5) is 4.39 Å². The molecule has 0 radical (unpaired) electrons. The number of thioether (sulfide) groups is 1. The number of hydrogen-bond acceptors (Lipinski definition) is 6. The van der Waals surface area contributed by atoms with Gasteiger partial charge in [-0.3, -0.25) is 0 Å². The first kappa shape index (κ1) is 19.7. The molecule has 0 atom stereocenters. The summed E-state index contributed by atoms with van der Waals surface area (Å²) in [6.07, 6.45) is 0. The van der Waals surface area contributed by atoms with E-state index < -0.39 is 0 Å². The van der Waals surface area contributed by atoms with Gasteiger partial charge in [0, 0.05) is 16.3 Å². The van der Waals surface area contributed by atoms with Gasteiger partial charge >= 0.3 is 0 Å². The first-order chi connectivity index (χ1) is 15.2. The highest BCUT2D eigenvalue weighted by Crippen LogP contribution is 2.33. The van der Waals surface area contributed by atoms with E-state index in [1.165, 1.54) is 23.9 Å². The molecule has 0 aliphatic heterocycles. The third-order valence-corrected chi connectivity index (χ3v) is 5.97. The second-order valence-corrected chi connectivity index (χ2v) is 8.05. The molecule has 0 aliphatic rings. The Morgan fingerprint density at radius 2 is 1.55 bits per heavy atom. The molecule has 0 spiro atoms. The quantitative estimate of drug-likeness (QED) is 0.288. The summed E-state index contributed by atoms with van der Waals surface area (Å²) in [5.41, 5.74) is 2.21. The van der Waals surface area contributed by atoms with E-state index in [0.717, 1.165) is 21.4 Å². The van der Waals surface area contributed by atoms with Crippen LogP contribution < -0.4 is 0 Å². The van der Waals surface area contributed by atoms with Crippen LogP contribution >= 0.6 is 23.4 Å². The third kappa shape index (κ3) is 4.02. The predicted molar refractivity (Wildman–Crippen MR) is 119 cm³/mol. The van der Waals surface area contributed by atoms with Crippen LogP contribution in [0.5, 0.6) is 0 Å². The van der Waals surface area contributed by atoms with Crippen molar-refractivity contribution in [3.05, 3.63) is 89.5 Å². The molecule has 2 aromatic heterocycles. The summed E-state index contributed by atoms with van der Waals surface area (Å²) in [5, 5.41) is 20.2. The SMILES string of the molecule is Fc1ccc(-c2nnc(SCc3nnc(-c4ccccc4Cl)o3)c3ccccc23)cc1. The zero-order valence-corrected chi connectivity index (χ0v) is 17.6. The summed E-state index contributed by atoms with van der Waals surface area (Å²) in [4.78, 5) is 0. The van der Waals surface area contributed by atoms with Gasteiger partial charge in [-0.15, -0.1) is 20.4 Å². The fraction of sp³-hybridized carbons (Fsp3) is 0.0435. The van der Waals surface area contributed by atoms with Crippen LogP contribution in [0.25, 0.3) is 33.5 Å². The molecule has 5 nitrogen and oxygen atoms in total. The summed E-state index contributed by atoms with van der Waals surface area (Å²) in [7, 11) is 0. The van der Waals surface area contributed by atoms with Crippen molar-refractivity contribution >= 4 is 34.1 Å². The lowest BCUT2D eigenvalue weighted by Gasteiger charge is -2.08.